The SMILES string of the molecule is CNc1nc(O)c(F)cc1C(=O)O. The summed E-state index contributed by atoms with van der Waals surface area (Å²) in [5, 5.41) is 19.8. The Morgan fingerprint density at radius 1 is 1.69 bits per heavy atom. The van der Waals surface area contributed by atoms with Gasteiger partial charge in [0.2, 0.25) is 5.88 Å². The van der Waals surface area contributed by atoms with Crippen molar-refractivity contribution in [3.8, 4) is 5.88 Å². The lowest BCUT2D eigenvalue weighted by atomic mass is 10.2. The summed E-state index contributed by atoms with van der Waals surface area (Å²) < 4.78 is 12.7. The summed E-state index contributed by atoms with van der Waals surface area (Å²) in [5.41, 5.74) is -0.321. The molecule has 5 nitrogen and oxygen atoms in total. The molecule has 0 unspecified atom stereocenters. The summed E-state index contributed by atoms with van der Waals surface area (Å²) in [4.78, 5) is 13.8. The Kier molecular flexibility index (Phi) is 2.32. The number of nitrogens with one attached hydrogen (secondary N) is 1. The Morgan fingerprint density at radius 3 is 2.77 bits per heavy atom. The molecule has 0 aromatic carbocycles. The molecule has 0 atom stereocenters. The van der Waals surface area contributed by atoms with Gasteiger partial charge in [0.1, 0.15) is 11.4 Å². The van der Waals surface area contributed by atoms with Crippen LogP contribution >= 0.6 is 0 Å². The van der Waals surface area contributed by atoms with E-state index in [1.807, 2.05) is 0 Å². The molecule has 6 heteroatoms. The maximum absolute atomic E-state index is 12.7. The van der Waals surface area contributed by atoms with E-state index in [1.54, 1.807) is 0 Å². The number of anilines is 1. The molecule has 13 heavy (non-hydrogen) atoms. The van der Waals surface area contributed by atoms with Crippen molar-refractivity contribution in [1.29, 1.82) is 0 Å². The molecule has 3 N–H and O–H groups in total. The van der Waals surface area contributed by atoms with Crippen LogP contribution in [0.2, 0.25) is 0 Å². The van der Waals surface area contributed by atoms with Crippen molar-refractivity contribution in [3.05, 3.63) is 17.4 Å². The van der Waals surface area contributed by atoms with Gasteiger partial charge in [-0.25, -0.2) is 9.18 Å². The topological polar surface area (TPSA) is 82.5 Å². The highest BCUT2D eigenvalue weighted by Crippen LogP contribution is 2.20. The van der Waals surface area contributed by atoms with Gasteiger partial charge in [0.15, 0.2) is 5.82 Å². The largest absolute Gasteiger partial charge is 0.491 e. The van der Waals surface area contributed by atoms with E-state index >= 15 is 0 Å². The Bertz CT molecular complexity index is 354. The molecule has 0 saturated carbocycles. The smallest absolute Gasteiger partial charge is 0.339 e. The minimum atomic E-state index is -1.31. The van der Waals surface area contributed by atoms with Crippen molar-refractivity contribution < 1.29 is 19.4 Å². The van der Waals surface area contributed by atoms with Gasteiger partial charge in [-0.2, -0.15) is 4.98 Å². The van der Waals surface area contributed by atoms with E-state index in [9.17, 15) is 9.18 Å². The first-order valence-corrected chi connectivity index (χ1v) is 3.36. The predicted octanol–water partition coefficient (Wildman–Crippen LogP) is 0.666. The lowest BCUT2D eigenvalue weighted by Gasteiger charge is -2.04. The maximum Gasteiger partial charge on any atom is 0.339 e. The van der Waals surface area contributed by atoms with Crippen molar-refractivity contribution >= 4 is 11.8 Å². The summed E-state index contributed by atoms with van der Waals surface area (Å²) in [6.07, 6.45) is 0. The van der Waals surface area contributed by atoms with E-state index in [1.165, 1.54) is 7.05 Å². The first-order valence-electron chi connectivity index (χ1n) is 3.36. The molecule has 0 radical (unpaired) electrons. The van der Waals surface area contributed by atoms with Crippen molar-refractivity contribution in [2.45, 2.75) is 0 Å². The number of aromatic nitrogens is 1. The zero-order valence-corrected chi connectivity index (χ0v) is 6.71. The van der Waals surface area contributed by atoms with Gasteiger partial charge >= 0.3 is 5.97 Å². The fourth-order valence-corrected chi connectivity index (χ4v) is 0.833. The number of hydrogen-bond acceptors (Lipinski definition) is 4. The molecular weight excluding hydrogens is 179 g/mol. The molecule has 1 aromatic rings. The highest BCUT2D eigenvalue weighted by atomic mass is 19.1. The summed E-state index contributed by atoms with van der Waals surface area (Å²) in [5.74, 6) is -3.27. The van der Waals surface area contributed by atoms with Crippen molar-refractivity contribution in [1.82, 2.24) is 4.98 Å². The van der Waals surface area contributed by atoms with E-state index in [4.69, 9.17) is 10.2 Å². The quantitative estimate of drug-likeness (QED) is 0.632. The maximum atomic E-state index is 12.7. The Hall–Kier alpha value is -1.85. The number of hydrogen-bond donors (Lipinski definition) is 3. The summed E-state index contributed by atoms with van der Waals surface area (Å²) in [6, 6.07) is 0.705. The number of carboxylic acids is 1. The van der Waals surface area contributed by atoms with Gasteiger partial charge in [-0.1, -0.05) is 0 Å². The van der Waals surface area contributed by atoms with Crippen LogP contribution in [0.1, 0.15) is 10.4 Å². The molecule has 0 aliphatic carbocycles. The molecule has 1 heterocycles. The summed E-state index contributed by atoms with van der Waals surface area (Å²) in [7, 11) is 1.42. The second kappa shape index (κ2) is 3.26. The molecule has 0 amide bonds. The molecule has 70 valence electrons. The Morgan fingerprint density at radius 2 is 2.31 bits per heavy atom. The van der Waals surface area contributed by atoms with Crippen LogP contribution < -0.4 is 5.32 Å². The summed E-state index contributed by atoms with van der Waals surface area (Å²) >= 11 is 0. The molecule has 0 spiro atoms. The first-order chi connectivity index (χ1) is 6.06. The van der Waals surface area contributed by atoms with Crippen molar-refractivity contribution in [3.63, 3.8) is 0 Å². The fraction of sp³-hybridized carbons (Fsp3) is 0.143. The molecule has 1 aromatic heterocycles. The van der Waals surface area contributed by atoms with Gasteiger partial charge in [0.05, 0.1) is 0 Å². The Labute approximate surface area is 72.8 Å². The minimum Gasteiger partial charge on any atom is -0.491 e. The van der Waals surface area contributed by atoms with Gasteiger partial charge in [-0.3, -0.25) is 0 Å². The van der Waals surface area contributed by atoms with E-state index in [0.29, 0.717) is 6.07 Å². The molecule has 1 rings (SSSR count). The zero-order chi connectivity index (χ0) is 10.0. The van der Waals surface area contributed by atoms with Gasteiger partial charge in [-0.05, 0) is 6.07 Å². The third-order valence-corrected chi connectivity index (χ3v) is 1.42. The second-order valence-corrected chi connectivity index (χ2v) is 2.25. The Balaban J connectivity index is 3.33. The average Bonchev–Trinajstić information content (AvgIpc) is 2.08. The predicted molar refractivity (Wildman–Crippen MR) is 42.4 cm³/mol. The van der Waals surface area contributed by atoms with Crippen LogP contribution in [0, 0.1) is 5.82 Å². The number of aromatic carboxylic acids is 1. The van der Waals surface area contributed by atoms with E-state index in [2.05, 4.69) is 10.3 Å². The molecule has 0 fully saturated rings. The van der Waals surface area contributed by atoms with E-state index < -0.39 is 17.7 Å². The van der Waals surface area contributed by atoms with Crippen LogP contribution in [0.3, 0.4) is 0 Å². The second-order valence-electron chi connectivity index (χ2n) is 2.25. The monoisotopic (exact) mass is 186 g/mol. The number of carboxylic acid groups (broad SMARTS) is 1. The molecule has 0 aliphatic heterocycles. The van der Waals surface area contributed by atoms with Crippen LogP contribution in [0.25, 0.3) is 0 Å². The fourth-order valence-electron chi connectivity index (χ4n) is 0.833. The number of carbonyl (C=O) groups is 1. The number of aromatic hydroxyl groups is 1. The number of halogens is 1. The zero-order valence-electron chi connectivity index (χ0n) is 6.71. The summed E-state index contributed by atoms with van der Waals surface area (Å²) in [6.45, 7) is 0. The molecular formula is C7H7FN2O3. The van der Waals surface area contributed by atoms with Crippen LogP contribution in [0.5, 0.6) is 5.88 Å². The first kappa shape index (κ1) is 9.24. The number of nitrogens with zero attached hydrogens (tertiary/aromatic N) is 1. The van der Waals surface area contributed by atoms with Crippen LogP contribution in [-0.4, -0.2) is 28.2 Å². The van der Waals surface area contributed by atoms with Crippen LogP contribution in [0.4, 0.5) is 10.2 Å². The average molecular weight is 186 g/mol. The molecule has 0 aliphatic rings. The third-order valence-electron chi connectivity index (χ3n) is 1.42. The minimum absolute atomic E-state index is 0.0774. The van der Waals surface area contributed by atoms with Gasteiger partial charge in [0.25, 0.3) is 0 Å². The van der Waals surface area contributed by atoms with Gasteiger partial charge in [0, 0.05) is 7.05 Å². The van der Waals surface area contributed by atoms with Crippen LogP contribution in [0.15, 0.2) is 6.07 Å². The van der Waals surface area contributed by atoms with E-state index in [-0.39, 0.29) is 11.4 Å². The van der Waals surface area contributed by atoms with Crippen molar-refractivity contribution in [2.24, 2.45) is 0 Å². The molecule has 0 saturated heterocycles. The standard InChI is InChI=1S/C7H7FN2O3/c1-9-5-3(7(12)13)2-4(8)6(11)10-5/h2H,1H3,(H,12,13)(H2,9,10,11). The normalized spacial score (nSPS) is 9.69. The van der Waals surface area contributed by atoms with Gasteiger partial charge < -0.3 is 15.5 Å². The third kappa shape index (κ3) is 1.66. The lowest BCUT2D eigenvalue weighted by molar-refractivity contribution is 0.0697. The van der Waals surface area contributed by atoms with Crippen LogP contribution in [-0.2, 0) is 0 Å². The molecule has 0 bridgehead atoms. The number of rotatable bonds is 2. The highest BCUT2D eigenvalue weighted by molar-refractivity contribution is 5.93. The lowest BCUT2D eigenvalue weighted by Crippen LogP contribution is -2.05. The highest BCUT2D eigenvalue weighted by Gasteiger charge is 2.15. The van der Waals surface area contributed by atoms with Crippen molar-refractivity contribution in [2.75, 3.05) is 12.4 Å². The number of pyridine rings is 1. The van der Waals surface area contributed by atoms with Gasteiger partial charge in [-0.15, -0.1) is 0 Å². The van der Waals surface area contributed by atoms with E-state index in [0.717, 1.165) is 0 Å².